The number of carbonyl (C=O) groups excluding carboxylic acids is 1. The highest BCUT2D eigenvalue weighted by Gasteiger charge is 2.06. The van der Waals surface area contributed by atoms with Crippen molar-refractivity contribution in [1.29, 1.82) is 0 Å². The van der Waals surface area contributed by atoms with Gasteiger partial charge in [-0.05, 0) is 34.1 Å². The molecule has 2 aromatic carbocycles. The molecule has 0 atom stereocenters. The second-order valence-corrected chi connectivity index (χ2v) is 3.99. The van der Waals surface area contributed by atoms with Crippen LogP contribution in [0.1, 0.15) is 10.4 Å². The Bertz CT molecular complexity index is 495. The van der Waals surface area contributed by atoms with Gasteiger partial charge in [0.25, 0.3) is 0 Å². The Morgan fingerprint density at radius 1 is 1.00 bits per heavy atom. The fourth-order valence-corrected chi connectivity index (χ4v) is 1.75. The molecule has 0 unspecified atom stereocenters. The van der Waals surface area contributed by atoms with Crippen LogP contribution in [0.25, 0.3) is 0 Å². The van der Waals surface area contributed by atoms with E-state index in [-0.39, 0.29) is 0 Å². The molecule has 0 radical (unpaired) electrons. The van der Waals surface area contributed by atoms with Crippen LogP contribution in [0.5, 0.6) is 11.5 Å². The number of carbonyl (C=O) groups is 1. The average Bonchev–Trinajstić information content (AvgIpc) is 2.33. The standard InChI is InChI=1S/C13H9BrO2/c14-13-10(9-15)5-4-8-12(13)16-11-6-2-1-3-7-11/h1-9H. The largest absolute Gasteiger partial charge is 0.456 e. The summed E-state index contributed by atoms with van der Waals surface area (Å²) in [5, 5.41) is 0. The van der Waals surface area contributed by atoms with Crippen molar-refractivity contribution in [2.45, 2.75) is 0 Å². The van der Waals surface area contributed by atoms with E-state index in [1.165, 1.54) is 0 Å². The lowest BCUT2D eigenvalue weighted by Gasteiger charge is -2.08. The van der Waals surface area contributed by atoms with E-state index in [9.17, 15) is 4.79 Å². The maximum absolute atomic E-state index is 10.7. The van der Waals surface area contributed by atoms with Crippen LogP contribution in [0, 0.1) is 0 Å². The van der Waals surface area contributed by atoms with Crippen LogP contribution in [0.2, 0.25) is 0 Å². The molecule has 2 nitrogen and oxygen atoms in total. The molecule has 0 bridgehead atoms. The highest BCUT2D eigenvalue weighted by molar-refractivity contribution is 9.10. The molecular weight excluding hydrogens is 268 g/mol. The molecule has 0 saturated carbocycles. The lowest BCUT2D eigenvalue weighted by Crippen LogP contribution is -1.88. The zero-order valence-electron chi connectivity index (χ0n) is 8.39. The van der Waals surface area contributed by atoms with E-state index < -0.39 is 0 Å². The second-order valence-electron chi connectivity index (χ2n) is 3.19. The van der Waals surface area contributed by atoms with Crippen LogP contribution in [0.15, 0.2) is 53.0 Å². The van der Waals surface area contributed by atoms with Crippen molar-refractivity contribution in [2.75, 3.05) is 0 Å². The van der Waals surface area contributed by atoms with Gasteiger partial charge in [0.1, 0.15) is 11.5 Å². The maximum atomic E-state index is 10.7. The summed E-state index contributed by atoms with van der Waals surface area (Å²) in [5.41, 5.74) is 0.577. The van der Waals surface area contributed by atoms with Crippen LogP contribution < -0.4 is 4.74 Å². The number of para-hydroxylation sites is 1. The molecule has 0 aliphatic heterocycles. The lowest BCUT2D eigenvalue weighted by molar-refractivity contribution is 0.112. The molecule has 80 valence electrons. The Hall–Kier alpha value is -1.61. The summed E-state index contributed by atoms with van der Waals surface area (Å²) < 4.78 is 6.32. The van der Waals surface area contributed by atoms with Gasteiger partial charge in [-0.3, -0.25) is 4.79 Å². The number of hydrogen-bond donors (Lipinski definition) is 0. The second kappa shape index (κ2) is 4.94. The highest BCUT2D eigenvalue weighted by Crippen LogP contribution is 2.31. The van der Waals surface area contributed by atoms with E-state index in [2.05, 4.69) is 15.9 Å². The number of rotatable bonds is 3. The zero-order valence-corrected chi connectivity index (χ0v) is 9.98. The molecule has 0 saturated heterocycles. The van der Waals surface area contributed by atoms with Crippen LogP contribution in [0.3, 0.4) is 0 Å². The van der Waals surface area contributed by atoms with Gasteiger partial charge in [-0.1, -0.05) is 30.3 Å². The maximum Gasteiger partial charge on any atom is 0.151 e. The molecule has 0 aromatic heterocycles. The Labute approximate surface area is 102 Å². The lowest BCUT2D eigenvalue weighted by atomic mass is 10.2. The third kappa shape index (κ3) is 2.31. The summed E-state index contributed by atoms with van der Waals surface area (Å²) in [6, 6.07) is 14.8. The Balaban J connectivity index is 2.32. The predicted octanol–water partition coefficient (Wildman–Crippen LogP) is 4.05. The number of halogens is 1. The predicted molar refractivity (Wildman–Crippen MR) is 66.0 cm³/mol. The minimum atomic E-state index is 0.577. The van der Waals surface area contributed by atoms with E-state index >= 15 is 0 Å². The van der Waals surface area contributed by atoms with Crippen LogP contribution >= 0.6 is 15.9 Å². The molecule has 0 N–H and O–H groups in total. The van der Waals surface area contributed by atoms with Gasteiger partial charge in [0, 0.05) is 5.56 Å². The fraction of sp³-hybridized carbons (Fsp3) is 0. The number of hydrogen-bond acceptors (Lipinski definition) is 2. The van der Waals surface area contributed by atoms with Crippen LogP contribution in [-0.4, -0.2) is 6.29 Å². The molecule has 0 amide bonds. The van der Waals surface area contributed by atoms with Gasteiger partial charge in [0.2, 0.25) is 0 Å². The van der Waals surface area contributed by atoms with Gasteiger partial charge < -0.3 is 4.74 Å². The van der Waals surface area contributed by atoms with Gasteiger partial charge in [0.05, 0.1) is 4.47 Å². The number of aldehydes is 1. The summed E-state index contributed by atoms with van der Waals surface area (Å²) in [6.45, 7) is 0. The zero-order chi connectivity index (χ0) is 11.4. The first-order valence-corrected chi connectivity index (χ1v) is 5.57. The Morgan fingerprint density at radius 3 is 2.44 bits per heavy atom. The van der Waals surface area contributed by atoms with Gasteiger partial charge in [-0.25, -0.2) is 0 Å². The SMILES string of the molecule is O=Cc1cccc(Oc2ccccc2)c1Br. The van der Waals surface area contributed by atoms with Crippen molar-refractivity contribution in [1.82, 2.24) is 0 Å². The van der Waals surface area contributed by atoms with Crippen LogP contribution in [-0.2, 0) is 0 Å². The molecule has 0 aliphatic rings. The Morgan fingerprint density at radius 2 is 1.75 bits per heavy atom. The first-order chi connectivity index (χ1) is 7.81. The molecule has 0 aliphatic carbocycles. The van der Waals surface area contributed by atoms with Gasteiger partial charge in [0.15, 0.2) is 6.29 Å². The van der Waals surface area contributed by atoms with Crippen molar-refractivity contribution in [3.8, 4) is 11.5 Å². The minimum Gasteiger partial charge on any atom is -0.456 e. The number of benzene rings is 2. The van der Waals surface area contributed by atoms with E-state index in [1.807, 2.05) is 36.4 Å². The van der Waals surface area contributed by atoms with Crippen molar-refractivity contribution in [2.24, 2.45) is 0 Å². The summed E-state index contributed by atoms with van der Waals surface area (Å²) in [6.07, 6.45) is 0.794. The monoisotopic (exact) mass is 276 g/mol. The van der Waals surface area contributed by atoms with E-state index in [1.54, 1.807) is 12.1 Å². The molecule has 2 aromatic rings. The molecule has 16 heavy (non-hydrogen) atoms. The Kier molecular flexibility index (Phi) is 3.37. The van der Waals surface area contributed by atoms with E-state index in [0.717, 1.165) is 12.0 Å². The highest BCUT2D eigenvalue weighted by atomic mass is 79.9. The van der Waals surface area contributed by atoms with Gasteiger partial charge >= 0.3 is 0 Å². The van der Waals surface area contributed by atoms with Gasteiger partial charge in [-0.2, -0.15) is 0 Å². The average molecular weight is 277 g/mol. The minimum absolute atomic E-state index is 0.577. The van der Waals surface area contributed by atoms with E-state index in [0.29, 0.717) is 15.8 Å². The molecular formula is C13H9BrO2. The van der Waals surface area contributed by atoms with Crippen molar-refractivity contribution in [3.05, 3.63) is 58.6 Å². The quantitative estimate of drug-likeness (QED) is 0.791. The van der Waals surface area contributed by atoms with Gasteiger partial charge in [-0.15, -0.1) is 0 Å². The third-order valence-corrected chi connectivity index (χ3v) is 2.94. The first kappa shape index (κ1) is 10.9. The first-order valence-electron chi connectivity index (χ1n) is 4.78. The molecule has 3 heteroatoms. The van der Waals surface area contributed by atoms with Crippen molar-refractivity contribution >= 4 is 22.2 Å². The molecule has 0 heterocycles. The molecule has 2 rings (SSSR count). The summed E-state index contributed by atoms with van der Waals surface area (Å²) >= 11 is 3.34. The summed E-state index contributed by atoms with van der Waals surface area (Å²) in [4.78, 5) is 10.7. The molecule has 0 fully saturated rings. The van der Waals surface area contributed by atoms with E-state index in [4.69, 9.17) is 4.74 Å². The summed E-state index contributed by atoms with van der Waals surface area (Å²) in [5.74, 6) is 1.38. The van der Waals surface area contributed by atoms with Crippen molar-refractivity contribution < 1.29 is 9.53 Å². The van der Waals surface area contributed by atoms with Crippen LogP contribution in [0.4, 0.5) is 0 Å². The normalized spacial score (nSPS) is 9.81. The third-order valence-electron chi connectivity index (χ3n) is 2.09. The topological polar surface area (TPSA) is 26.3 Å². The fourth-order valence-electron chi connectivity index (χ4n) is 1.31. The smallest absolute Gasteiger partial charge is 0.151 e. The molecule has 0 spiro atoms. The summed E-state index contributed by atoms with van der Waals surface area (Å²) in [7, 11) is 0. The number of ether oxygens (including phenoxy) is 1. The van der Waals surface area contributed by atoms with Crippen molar-refractivity contribution in [3.63, 3.8) is 0 Å².